The molecule has 2 heterocycles. The highest BCUT2D eigenvalue weighted by molar-refractivity contribution is 5.99. The van der Waals surface area contributed by atoms with Gasteiger partial charge in [-0.1, -0.05) is 12.1 Å². The topological polar surface area (TPSA) is 99.3 Å². The lowest BCUT2D eigenvalue weighted by Gasteiger charge is -2.31. The summed E-state index contributed by atoms with van der Waals surface area (Å²) in [4.78, 5) is 54.4. The first-order valence-electron chi connectivity index (χ1n) is 10.5. The second kappa shape index (κ2) is 9.32. The van der Waals surface area contributed by atoms with Crippen LogP contribution in [0.15, 0.2) is 53.5 Å². The van der Waals surface area contributed by atoms with Gasteiger partial charge in [-0.05, 0) is 43.2 Å². The van der Waals surface area contributed by atoms with Crippen LogP contribution in [0.5, 0.6) is 0 Å². The molecule has 0 saturated carbocycles. The lowest BCUT2D eigenvalue weighted by Crippen LogP contribution is -2.45. The largest absolute Gasteiger partial charge is 0.360 e. The summed E-state index contributed by atoms with van der Waals surface area (Å²) in [5.41, 5.74) is -0.209. The van der Waals surface area contributed by atoms with E-state index in [0.29, 0.717) is 23.7 Å². The lowest BCUT2D eigenvalue weighted by molar-refractivity contribution is -0.131. The molecule has 1 fully saturated rings. The summed E-state index contributed by atoms with van der Waals surface area (Å²) in [6.45, 7) is 0.194. The van der Waals surface area contributed by atoms with E-state index < -0.39 is 34.7 Å². The van der Waals surface area contributed by atoms with Crippen LogP contribution in [-0.4, -0.2) is 47.1 Å². The van der Waals surface area contributed by atoms with Gasteiger partial charge in [-0.2, -0.15) is 0 Å². The van der Waals surface area contributed by atoms with Crippen molar-refractivity contribution in [1.82, 2.24) is 15.2 Å². The average Bonchev–Trinajstić information content (AvgIpc) is 2.84. The van der Waals surface area contributed by atoms with Crippen molar-refractivity contribution >= 4 is 28.5 Å². The Morgan fingerprint density at radius 1 is 1.03 bits per heavy atom. The number of ketones is 1. The molecule has 33 heavy (non-hydrogen) atoms. The lowest BCUT2D eigenvalue weighted by atomic mass is 9.88. The van der Waals surface area contributed by atoms with Gasteiger partial charge in [-0.25, -0.2) is 8.78 Å². The van der Waals surface area contributed by atoms with Crippen LogP contribution in [0.25, 0.3) is 10.9 Å². The molecule has 0 bridgehead atoms. The first-order chi connectivity index (χ1) is 15.8. The molecule has 4 rings (SSSR count). The highest BCUT2D eigenvalue weighted by atomic mass is 19.1. The maximum atomic E-state index is 13.9. The number of fused-ring (bicyclic) bond motifs is 1. The highest BCUT2D eigenvalue weighted by Crippen LogP contribution is 2.23. The fourth-order valence-corrected chi connectivity index (χ4v) is 4.00. The van der Waals surface area contributed by atoms with Crippen LogP contribution >= 0.6 is 0 Å². The summed E-state index contributed by atoms with van der Waals surface area (Å²) in [5.74, 6) is -3.48. The van der Waals surface area contributed by atoms with Gasteiger partial charge in [-0.15, -0.1) is 0 Å². The van der Waals surface area contributed by atoms with Crippen LogP contribution < -0.4 is 10.7 Å². The molecule has 0 atom stereocenters. The Bertz CT molecular complexity index is 1300. The molecule has 0 spiro atoms. The van der Waals surface area contributed by atoms with Gasteiger partial charge in [0, 0.05) is 36.1 Å². The first kappa shape index (κ1) is 22.3. The van der Waals surface area contributed by atoms with E-state index in [2.05, 4.69) is 10.3 Å². The van der Waals surface area contributed by atoms with Crippen LogP contribution in [0.3, 0.4) is 0 Å². The van der Waals surface area contributed by atoms with Crippen LogP contribution in [-0.2, 0) is 4.79 Å². The average molecular weight is 453 g/mol. The number of halogens is 2. The zero-order valence-corrected chi connectivity index (χ0v) is 17.6. The van der Waals surface area contributed by atoms with Gasteiger partial charge >= 0.3 is 0 Å². The number of amides is 2. The normalized spacial score (nSPS) is 14.3. The van der Waals surface area contributed by atoms with Crippen molar-refractivity contribution in [1.29, 1.82) is 0 Å². The van der Waals surface area contributed by atoms with Crippen molar-refractivity contribution in [2.24, 2.45) is 5.92 Å². The molecule has 0 unspecified atom stereocenters. The Morgan fingerprint density at radius 2 is 1.76 bits per heavy atom. The van der Waals surface area contributed by atoms with Gasteiger partial charge in [0.1, 0.15) is 17.2 Å². The number of aromatic nitrogens is 1. The standard InChI is InChI=1S/C24H21F2N3O4/c25-15-5-6-19(26)17(11-15)22(31)14-7-9-29(10-8-14)21(30)13-28-24(33)18-12-27-20-4-2-1-3-16(20)23(18)32/h1-6,11-12,14H,7-10,13H2,(H,27,32)(H,28,33). The summed E-state index contributed by atoms with van der Waals surface area (Å²) in [6.07, 6.45) is 1.92. The molecule has 1 saturated heterocycles. The number of nitrogens with one attached hydrogen (secondary N) is 2. The van der Waals surface area contributed by atoms with Crippen LogP contribution in [0.1, 0.15) is 33.6 Å². The fourth-order valence-electron chi connectivity index (χ4n) is 4.00. The molecule has 2 aromatic carbocycles. The predicted molar refractivity (Wildman–Crippen MR) is 117 cm³/mol. The summed E-state index contributed by atoms with van der Waals surface area (Å²) < 4.78 is 27.3. The van der Waals surface area contributed by atoms with Gasteiger partial charge in [-0.3, -0.25) is 19.2 Å². The van der Waals surface area contributed by atoms with Crippen LogP contribution in [0.2, 0.25) is 0 Å². The third-order valence-electron chi connectivity index (χ3n) is 5.85. The maximum absolute atomic E-state index is 13.9. The molecule has 3 aromatic rings. The molecular formula is C24H21F2N3O4. The van der Waals surface area contributed by atoms with Gasteiger partial charge in [0.2, 0.25) is 11.3 Å². The number of likely N-dealkylation sites (tertiary alicyclic amines) is 1. The van der Waals surface area contributed by atoms with E-state index in [0.717, 1.165) is 18.2 Å². The van der Waals surface area contributed by atoms with E-state index in [1.807, 2.05) is 0 Å². The SMILES string of the molecule is O=C(NCC(=O)N1CCC(C(=O)c2cc(F)ccc2F)CC1)c1c[nH]c2ccccc2c1=O. The molecule has 0 radical (unpaired) electrons. The second-order valence-corrected chi connectivity index (χ2v) is 7.90. The van der Waals surface area contributed by atoms with Crippen molar-refractivity contribution in [2.45, 2.75) is 12.8 Å². The number of rotatable bonds is 5. The summed E-state index contributed by atoms with van der Waals surface area (Å²) in [6, 6.07) is 9.55. The van der Waals surface area contributed by atoms with Crippen molar-refractivity contribution < 1.29 is 23.2 Å². The molecule has 7 nitrogen and oxygen atoms in total. The van der Waals surface area contributed by atoms with E-state index in [1.165, 1.54) is 11.1 Å². The molecule has 0 aliphatic carbocycles. The summed E-state index contributed by atoms with van der Waals surface area (Å²) >= 11 is 0. The number of aromatic amines is 1. The second-order valence-electron chi connectivity index (χ2n) is 7.90. The number of para-hydroxylation sites is 1. The van der Waals surface area contributed by atoms with E-state index in [-0.39, 0.29) is 36.7 Å². The molecule has 170 valence electrons. The molecule has 1 aliphatic rings. The molecule has 1 aliphatic heterocycles. The third-order valence-corrected chi connectivity index (χ3v) is 5.85. The monoisotopic (exact) mass is 453 g/mol. The minimum Gasteiger partial charge on any atom is -0.360 e. The number of piperidine rings is 1. The van der Waals surface area contributed by atoms with Crippen LogP contribution in [0, 0.1) is 17.6 Å². The van der Waals surface area contributed by atoms with Gasteiger partial charge in [0.05, 0.1) is 12.1 Å². The molecule has 2 amide bonds. The first-order valence-corrected chi connectivity index (χ1v) is 10.5. The number of Topliss-reactive ketones (excluding diaryl/α,β-unsaturated/α-hetero) is 1. The number of H-pyrrole nitrogens is 1. The number of carbonyl (C=O) groups excluding carboxylic acids is 3. The number of hydrogen-bond acceptors (Lipinski definition) is 4. The number of nitrogens with zero attached hydrogens (tertiary/aromatic N) is 1. The zero-order valence-electron chi connectivity index (χ0n) is 17.6. The molecule has 9 heteroatoms. The van der Waals surface area contributed by atoms with Gasteiger partial charge in [0.25, 0.3) is 5.91 Å². The smallest absolute Gasteiger partial charge is 0.257 e. The predicted octanol–water partition coefficient (Wildman–Crippen LogP) is 2.66. The quantitative estimate of drug-likeness (QED) is 0.581. The van der Waals surface area contributed by atoms with Crippen molar-refractivity contribution in [3.8, 4) is 0 Å². The van der Waals surface area contributed by atoms with E-state index in [1.54, 1.807) is 24.3 Å². The number of carbonyl (C=O) groups is 3. The number of hydrogen-bond donors (Lipinski definition) is 2. The minimum absolute atomic E-state index is 0.0945. The van der Waals surface area contributed by atoms with Gasteiger partial charge in [0.15, 0.2) is 5.78 Å². The summed E-state index contributed by atoms with van der Waals surface area (Å²) in [5, 5.41) is 2.84. The number of pyridine rings is 1. The Kier molecular flexibility index (Phi) is 6.30. The molecular weight excluding hydrogens is 432 g/mol. The van der Waals surface area contributed by atoms with Crippen LogP contribution in [0.4, 0.5) is 8.78 Å². The van der Waals surface area contributed by atoms with Crippen molar-refractivity contribution in [3.63, 3.8) is 0 Å². The Morgan fingerprint density at radius 3 is 2.52 bits per heavy atom. The van der Waals surface area contributed by atoms with Crippen molar-refractivity contribution in [3.05, 3.63) is 81.6 Å². The maximum Gasteiger partial charge on any atom is 0.257 e. The Balaban J connectivity index is 1.33. The Hall–Kier alpha value is -3.88. The summed E-state index contributed by atoms with van der Waals surface area (Å²) in [7, 11) is 0. The van der Waals surface area contributed by atoms with E-state index in [9.17, 15) is 28.0 Å². The molecule has 1 aromatic heterocycles. The highest BCUT2D eigenvalue weighted by Gasteiger charge is 2.29. The Labute approximate surface area is 187 Å². The molecule has 2 N–H and O–H groups in total. The van der Waals surface area contributed by atoms with E-state index >= 15 is 0 Å². The van der Waals surface area contributed by atoms with Gasteiger partial charge < -0.3 is 15.2 Å². The van der Waals surface area contributed by atoms with Crippen molar-refractivity contribution in [2.75, 3.05) is 19.6 Å². The van der Waals surface area contributed by atoms with E-state index in [4.69, 9.17) is 0 Å². The minimum atomic E-state index is -0.772. The third kappa shape index (κ3) is 4.67. The fraction of sp³-hybridized carbons (Fsp3) is 0.250. The number of benzene rings is 2. The zero-order chi connectivity index (χ0) is 23.5.